The van der Waals surface area contributed by atoms with E-state index in [4.69, 9.17) is 5.11 Å². The fraction of sp³-hybridized carbons (Fsp3) is 0.333. The standard InChI is InChI=1S/C12H16OSi/c1-14(2,3)12-8-4-6-11(10-12)7-5-9-13/h4,6,8,10,13H,9H2,1-3H3. The first-order chi connectivity index (χ1) is 6.54. The summed E-state index contributed by atoms with van der Waals surface area (Å²) in [6.07, 6.45) is 0. The molecule has 14 heavy (non-hydrogen) atoms. The molecule has 1 nitrogen and oxygen atoms in total. The van der Waals surface area contributed by atoms with Gasteiger partial charge in [0.1, 0.15) is 6.61 Å². The highest BCUT2D eigenvalue weighted by Gasteiger charge is 2.15. The van der Waals surface area contributed by atoms with Gasteiger partial charge in [-0.2, -0.15) is 0 Å². The van der Waals surface area contributed by atoms with E-state index in [-0.39, 0.29) is 6.61 Å². The summed E-state index contributed by atoms with van der Waals surface area (Å²) in [4.78, 5) is 0. The highest BCUT2D eigenvalue weighted by molar-refractivity contribution is 6.88. The lowest BCUT2D eigenvalue weighted by molar-refractivity contribution is 0.350. The number of benzene rings is 1. The first-order valence-electron chi connectivity index (χ1n) is 4.74. The maximum Gasteiger partial charge on any atom is 0.104 e. The highest BCUT2D eigenvalue weighted by atomic mass is 28.3. The normalized spacial score (nSPS) is 10.6. The van der Waals surface area contributed by atoms with Crippen molar-refractivity contribution in [3.05, 3.63) is 29.8 Å². The van der Waals surface area contributed by atoms with Gasteiger partial charge in [-0.25, -0.2) is 0 Å². The Balaban J connectivity index is 3.02. The molecule has 0 spiro atoms. The summed E-state index contributed by atoms with van der Waals surface area (Å²) in [6, 6.07) is 8.31. The van der Waals surface area contributed by atoms with Crippen molar-refractivity contribution >= 4 is 13.3 Å². The van der Waals surface area contributed by atoms with Crippen molar-refractivity contribution in [3.8, 4) is 11.8 Å². The Kier molecular flexibility index (Phi) is 3.51. The van der Waals surface area contributed by atoms with E-state index in [9.17, 15) is 0 Å². The third-order valence-corrected chi connectivity index (χ3v) is 4.08. The van der Waals surface area contributed by atoms with Crippen molar-refractivity contribution < 1.29 is 5.11 Å². The molecule has 2 heteroatoms. The zero-order chi connectivity index (χ0) is 10.6. The maximum atomic E-state index is 8.59. The largest absolute Gasteiger partial charge is 0.384 e. The molecule has 1 aromatic carbocycles. The molecule has 0 saturated heterocycles. The van der Waals surface area contributed by atoms with E-state index in [1.807, 2.05) is 12.1 Å². The van der Waals surface area contributed by atoms with Gasteiger partial charge in [-0.05, 0) is 12.1 Å². The van der Waals surface area contributed by atoms with Crippen LogP contribution in [-0.2, 0) is 0 Å². The van der Waals surface area contributed by atoms with Crippen LogP contribution < -0.4 is 5.19 Å². The van der Waals surface area contributed by atoms with Crippen molar-refractivity contribution in [1.29, 1.82) is 0 Å². The smallest absolute Gasteiger partial charge is 0.104 e. The third-order valence-electron chi connectivity index (χ3n) is 2.04. The number of aliphatic hydroxyl groups is 1. The molecule has 0 unspecified atom stereocenters. The van der Waals surface area contributed by atoms with Crippen LogP contribution in [-0.4, -0.2) is 19.8 Å². The van der Waals surface area contributed by atoms with E-state index >= 15 is 0 Å². The molecule has 0 amide bonds. The summed E-state index contributed by atoms with van der Waals surface area (Å²) >= 11 is 0. The van der Waals surface area contributed by atoms with E-state index in [1.54, 1.807) is 0 Å². The molecule has 0 aliphatic rings. The van der Waals surface area contributed by atoms with Gasteiger partial charge in [0.25, 0.3) is 0 Å². The molecule has 0 radical (unpaired) electrons. The van der Waals surface area contributed by atoms with Crippen molar-refractivity contribution in [3.63, 3.8) is 0 Å². The molecule has 0 fully saturated rings. The lowest BCUT2D eigenvalue weighted by Crippen LogP contribution is -2.37. The summed E-state index contributed by atoms with van der Waals surface area (Å²) in [5.74, 6) is 5.59. The van der Waals surface area contributed by atoms with Gasteiger partial charge in [0.05, 0.1) is 8.07 Å². The first kappa shape index (κ1) is 11.0. The van der Waals surface area contributed by atoms with Crippen LogP contribution in [0.5, 0.6) is 0 Å². The van der Waals surface area contributed by atoms with Crippen LogP contribution in [0.4, 0.5) is 0 Å². The molecule has 1 N–H and O–H groups in total. The molecular formula is C12H16OSi. The Bertz CT molecular complexity index is 366. The molecule has 0 aromatic heterocycles. The lowest BCUT2D eigenvalue weighted by Gasteiger charge is -2.16. The molecule has 0 heterocycles. The molecule has 0 bridgehead atoms. The van der Waals surface area contributed by atoms with E-state index in [0.29, 0.717) is 0 Å². The number of aliphatic hydroxyl groups excluding tert-OH is 1. The van der Waals surface area contributed by atoms with Crippen molar-refractivity contribution in [2.45, 2.75) is 19.6 Å². The van der Waals surface area contributed by atoms with Crippen molar-refractivity contribution in [2.75, 3.05) is 6.61 Å². The zero-order valence-corrected chi connectivity index (χ0v) is 9.96. The van der Waals surface area contributed by atoms with Crippen molar-refractivity contribution in [2.24, 2.45) is 0 Å². The molecule has 1 rings (SSSR count). The predicted molar refractivity (Wildman–Crippen MR) is 63.4 cm³/mol. The van der Waals surface area contributed by atoms with Gasteiger partial charge in [0.15, 0.2) is 0 Å². The van der Waals surface area contributed by atoms with E-state index in [1.165, 1.54) is 5.19 Å². The van der Waals surface area contributed by atoms with E-state index in [2.05, 4.69) is 43.6 Å². The van der Waals surface area contributed by atoms with Crippen LogP contribution in [0.1, 0.15) is 5.56 Å². The molecular weight excluding hydrogens is 188 g/mol. The number of hydrogen-bond donors (Lipinski definition) is 1. The van der Waals surface area contributed by atoms with E-state index < -0.39 is 8.07 Å². The fourth-order valence-electron chi connectivity index (χ4n) is 1.21. The van der Waals surface area contributed by atoms with Gasteiger partial charge in [0.2, 0.25) is 0 Å². The van der Waals surface area contributed by atoms with Gasteiger partial charge in [-0.1, -0.05) is 48.8 Å². The average Bonchev–Trinajstić information content (AvgIpc) is 2.14. The minimum atomic E-state index is -1.23. The SMILES string of the molecule is C[Si](C)(C)c1cccc(C#CCO)c1. The predicted octanol–water partition coefficient (Wildman–Crippen LogP) is 1.58. The Morgan fingerprint density at radius 2 is 2.00 bits per heavy atom. The van der Waals surface area contributed by atoms with Gasteiger partial charge in [-0.3, -0.25) is 0 Å². The summed E-state index contributed by atoms with van der Waals surface area (Å²) in [5, 5.41) is 10.00. The maximum absolute atomic E-state index is 8.59. The quantitative estimate of drug-likeness (QED) is 0.544. The molecule has 0 aliphatic carbocycles. The van der Waals surface area contributed by atoms with Gasteiger partial charge in [0, 0.05) is 5.56 Å². The fourth-order valence-corrected chi connectivity index (χ4v) is 2.39. The summed E-state index contributed by atoms with van der Waals surface area (Å²) in [7, 11) is -1.23. The molecule has 0 atom stereocenters. The first-order valence-corrected chi connectivity index (χ1v) is 8.24. The minimum absolute atomic E-state index is 0.0722. The van der Waals surface area contributed by atoms with Gasteiger partial charge in [-0.15, -0.1) is 0 Å². The number of hydrogen-bond acceptors (Lipinski definition) is 1. The Hall–Kier alpha value is -1.04. The molecule has 0 saturated carbocycles. The number of rotatable bonds is 1. The summed E-state index contributed by atoms with van der Waals surface area (Å²) < 4.78 is 0. The Labute approximate surface area is 86.8 Å². The van der Waals surface area contributed by atoms with Gasteiger partial charge >= 0.3 is 0 Å². The Morgan fingerprint density at radius 3 is 2.57 bits per heavy atom. The molecule has 1 aromatic rings. The summed E-state index contributed by atoms with van der Waals surface area (Å²) in [5.41, 5.74) is 0.999. The monoisotopic (exact) mass is 204 g/mol. The molecule has 0 aliphatic heterocycles. The Morgan fingerprint density at radius 1 is 1.29 bits per heavy atom. The third kappa shape index (κ3) is 3.02. The topological polar surface area (TPSA) is 20.2 Å². The second-order valence-corrected chi connectivity index (χ2v) is 9.37. The van der Waals surface area contributed by atoms with E-state index in [0.717, 1.165) is 5.56 Å². The van der Waals surface area contributed by atoms with Gasteiger partial charge < -0.3 is 5.11 Å². The van der Waals surface area contributed by atoms with Crippen LogP contribution in [0.15, 0.2) is 24.3 Å². The second-order valence-electron chi connectivity index (χ2n) is 4.29. The highest BCUT2D eigenvalue weighted by Crippen LogP contribution is 2.04. The van der Waals surface area contributed by atoms with Crippen molar-refractivity contribution in [1.82, 2.24) is 0 Å². The second kappa shape index (κ2) is 4.45. The van der Waals surface area contributed by atoms with Crippen LogP contribution in [0.2, 0.25) is 19.6 Å². The van der Waals surface area contributed by atoms with Crippen LogP contribution in [0, 0.1) is 11.8 Å². The minimum Gasteiger partial charge on any atom is -0.384 e. The van der Waals surface area contributed by atoms with Crippen LogP contribution in [0.3, 0.4) is 0 Å². The van der Waals surface area contributed by atoms with Crippen LogP contribution in [0.25, 0.3) is 0 Å². The zero-order valence-electron chi connectivity index (χ0n) is 8.96. The van der Waals surface area contributed by atoms with Crippen LogP contribution >= 0.6 is 0 Å². The lowest BCUT2D eigenvalue weighted by atomic mass is 10.2. The molecule has 74 valence electrons. The summed E-state index contributed by atoms with van der Waals surface area (Å²) in [6.45, 7) is 6.86. The average molecular weight is 204 g/mol.